The molecular weight excluding hydrogens is 413 g/mol. The third kappa shape index (κ3) is 5.16. The first-order chi connectivity index (χ1) is 13.2. The largest absolute Gasteiger partial charge is 0.334 e. The number of anilines is 1. The molecule has 0 aliphatic carbocycles. The summed E-state index contributed by atoms with van der Waals surface area (Å²) >= 11 is 5.90. The average molecular weight is 438 g/mol. The Morgan fingerprint density at radius 1 is 1.21 bits per heavy atom. The zero-order valence-electron chi connectivity index (χ0n) is 17.1. The summed E-state index contributed by atoms with van der Waals surface area (Å²) in [7, 11) is -2.38. The number of hydrogen-bond acceptors (Lipinski definition) is 3. The van der Waals surface area contributed by atoms with Crippen LogP contribution in [0.4, 0.5) is 10.1 Å². The maximum absolute atomic E-state index is 14.1. The zero-order chi connectivity index (χ0) is 22.1. The molecule has 2 aromatic rings. The topological polar surface area (TPSA) is 73.3 Å². The number of benzene rings is 2. The lowest BCUT2D eigenvalue weighted by molar-refractivity contribution is 0.587. The van der Waals surface area contributed by atoms with Gasteiger partial charge in [0.05, 0.1) is 21.4 Å². The molecule has 0 spiro atoms. The Hall–Kier alpha value is -2.38. The van der Waals surface area contributed by atoms with Crippen molar-refractivity contribution in [1.82, 2.24) is 4.90 Å². The number of nitrogens with zero attached hydrogens (tertiary/aromatic N) is 1. The van der Waals surface area contributed by atoms with E-state index in [-0.39, 0.29) is 32.4 Å². The summed E-state index contributed by atoms with van der Waals surface area (Å²) in [4.78, 5) is 1.49. The molecule has 0 heterocycles. The molecular formula is C21H25ClFN3O2S. The van der Waals surface area contributed by atoms with Crippen LogP contribution in [0.2, 0.25) is 5.02 Å². The van der Waals surface area contributed by atoms with Gasteiger partial charge in [-0.15, -0.1) is 0 Å². The van der Waals surface area contributed by atoms with Gasteiger partial charge in [0.1, 0.15) is 5.82 Å². The summed E-state index contributed by atoms with van der Waals surface area (Å²) in [6.07, 6.45) is 0. The van der Waals surface area contributed by atoms with Crippen molar-refractivity contribution in [1.29, 1.82) is 5.41 Å². The van der Waals surface area contributed by atoms with Gasteiger partial charge in [-0.05, 0) is 36.1 Å². The van der Waals surface area contributed by atoms with Gasteiger partial charge >= 0.3 is 0 Å². The van der Waals surface area contributed by atoms with E-state index in [1.165, 1.54) is 23.1 Å². The Morgan fingerprint density at radius 2 is 1.76 bits per heavy atom. The maximum Gasteiger partial charge on any atom is 0.261 e. The Bertz CT molecular complexity index is 1060. The number of hydrogen-bond donors (Lipinski definition) is 2. The summed E-state index contributed by atoms with van der Waals surface area (Å²) in [5.74, 6) is -0.583. The van der Waals surface area contributed by atoms with Crippen LogP contribution in [0.25, 0.3) is 5.70 Å². The van der Waals surface area contributed by atoms with Crippen LogP contribution >= 0.6 is 11.6 Å². The molecule has 0 bridgehead atoms. The lowest BCUT2D eigenvalue weighted by Gasteiger charge is -2.23. The van der Waals surface area contributed by atoms with Crippen molar-refractivity contribution in [2.24, 2.45) is 0 Å². The van der Waals surface area contributed by atoms with Gasteiger partial charge in [0.2, 0.25) is 0 Å². The molecule has 0 fully saturated rings. The minimum Gasteiger partial charge on any atom is -0.334 e. The Balaban J connectivity index is 2.48. The van der Waals surface area contributed by atoms with E-state index in [2.05, 4.69) is 11.3 Å². The number of nitrogens with one attached hydrogen (secondary N) is 2. The molecule has 29 heavy (non-hydrogen) atoms. The van der Waals surface area contributed by atoms with E-state index in [0.717, 1.165) is 11.6 Å². The highest BCUT2D eigenvalue weighted by Gasteiger charge is 2.22. The first kappa shape index (κ1) is 22.9. The van der Waals surface area contributed by atoms with Gasteiger partial charge in [0.25, 0.3) is 10.0 Å². The second kappa shape index (κ2) is 8.16. The second-order valence-corrected chi connectivity index (χ2v) is 9.87. The van der Waals surface area contributed by atoms with E-state index >= 15 is 0 Å². The van der Waals surface area contributed by atoms with Crippen molar-refractivity contribution in [2.45, 2.75) is 38.0 Å². The molecule has 0 radical (unpaired) electrons. The van der Waals surface area contributed by atoms with Crippen molar-refractivity contribution in [3.05, 3.63) is 64.9 Å². The van der Waals surface area contributed by atoms with Crippen molar-refractivity contribution in [3.63, 3.8) is 0 Å². The molecule has 8 heteroatoms. The molecule has 0 aliphatic heterocycles. The van der Waals surface area contributed by atoms with E-state index in [1.807, 2.05) is 20.8 Å². The van der Waals surface area contributed by atoms with Crippen LogP contribution in [0, 0.1) is 11.2 Å². The summed E-state index contributed by atoms with van der Waals surface area (Å²) in [6.45, 7) is 11.5. The predicted molar refractivity (Wildman–Crippen MR) is 118 cm³/mol. The molecule has 156 valence electrons. The maximum atomic E-state index is 14.1. The monoisotopic (exact) mass is 437 g/mol. The van der Waals surface area contributed by atoms with Crippen molar-refractivity contribution < 1.29 is 12.8 Å². The molecule has 0 aliphatic rings. The quantitative estimate of drug-likeness (QED) is 0.480. The van der Waals surface area contributed by atoms with E-state index in [9.17, 15) is 12.8 Å². The van der Waals surface area contributed by atoms with Crippen LogP contribution < -0.4 is 4.72 Å². The Labute approximate surface area is 176 Å². The highest BCUT2D eigenvalue weighted by molar-refractivity contribution is 7.92. The average Bonchev–Trinajstić information content (AvgIpc) is 2.62. The van der Waals surface area contributed by atoms with Crippen LogP contribution in [-0.2, 0) is 15.4 Å². The molecule has 0 saturated heterocycles. The van der Waals surface area contributed by atoms with Crippen molar-refractivity contribution in [3.8, 4) is 0 Å². The summed E-state index contributed by atoms with van der Waals surface area (Å²) in [6, 6.07) is 8.83. The van der Waals surface area contributed by atoms with Crippen LogP contribution in [0.5, 0.6) is 0 Å². The number of halogens is 2. The number of sulfonamides is 1. The fourth-order valence-electron chi connectivity index (χ4n) is 2.59. The fraction of sp³-hybridized carbons (Fsp3) is 0.286. The molecule has 0 atom stereocenters. The highest BCUT2D eigenvalue weighted by Crippen LogP contribution is 2.32. The standard InChI is InChI=1S/C21H25ClFN3O2S/c1-13(26(6)14(2)24)17-11-18(22)19(23)12-20(17)25-29(27,28)16-9-7-15(8-10-16)21(3,4)5/h7-12,24-25H,1H2,2-6H3. The number of amidine groups is 1. The van der Waals surface area contributed by atoms with Gasteiger partial charge in [0, 0.05) is 24.4 Å². The lowest BCUT2D eigenvalue weighted by atomic mass is 9.87. The smallest absolute Gasteiger partial charge is 0.261 e. The van der Waals surface area contributed by atoms with Gasteiger partial charge in [-0.3, -0.25) is 10.1 Å². The summed E-state index contributed by atoms with van der Waals surface area (Å²) < 4.78 is 42.3. The van der Waals surface area contributed by atoms with E-state index in [4.69, 9.17) is 17.0 Å². The SMILES string of the molecule is C=C(c1cc(Cl)c(F)cc1NS(=O)(=O)c1ccc(C(C)(C)C)cc1)N(C)C(C)=N. The third-order valence-corrected chi connectivity index (χ3v) is 6.23. The molecule has 0 saturated carbocycles. The molecule has 0 aromatic heterocycles. The lowest BCUT2D eigenvalue weighted by Crippen LogP contribution is -2.22. The first-order valence-electron chi connectivity index (χ1n) is 8.84. The van der Waals surface area contributed by atoms with Gasteiger partial charge < -0.3 is 4.90 Å². The molecule has 2 rings (SSSR count). The summed E-state index contributed by atoms with van der Waals surface area (Å²) in [5, 5.41) is 7.58. The zero-order valence-corrected chi connectivity index (χ0v) is 18.7. The van der Waals surface area contributed by atoms with E-state index < -0.39 is 15.8 Å². The van der Waals surface area contributed by atoms with E-state index in [1.54, 1.807) is 26.1 Å². The fourth-order valence-corrected chi connectivity index (χ4v) is 3.83. The van der Waals surface area contributed by atoms with Crippen LogP contribution in [-0.4, -0.2) is 26.2 Å². The Morgan fingerprint density at radius 3 is 2.24 bits per heavy atom. The minimum atomic E-state index is -3.98. The number of rotatable bonds is 5. The van der Waals surface area contributed by atoms with Crippen LogP contribution in [0.3, 0.4) is 0 Å². The molecule has 5 nitrogen and oxygen atoms in total. The minimum absolute atomic E-state index is 0.00935. The normalized spacial score (nSPS) is 11.8. The molecule has 0 unspecified atom stereocenters. The molecule has 2 aromatic carbocycles. The Kier molecular flexibility index (Phi) is 6.45. The van der Waals surface area contributed by atoms with Gasteiger partial charge in [-0.1, -0.05) is 51.1 Å². The molecule has 0 amide bonds. The van der Waals surface area contributed by atoms with Gasteiger partial charge in [-0.2, -0.15) is 0 Å². The van der Waals surface area contributed by atoms with Crippen molar-refractivity contribution in [2.75, 3.05) is 11.8 Å². The van der Waals surface area contributed by atoms with Gasteiger partial charge in [-0.25, -0.2) is 12.8 Å². The second-order valence-electron chi connectivity index (χ2n) is 7.78. The van der Waals surface area contributed by atoms with Crippen LogP contribution in [0.1, 0.15) is 38.8 Å². The van der Waals surface area contributed by atoms with E-state index in [0.29, 0.717) is 5.70 Å². The molecule has 2 N–H and O–H groups in total. The third-order valence-electron chi connectivity index (χ3n) is 4.55. The van der Waals surface area contributed by atoms with Gasteiger partial charge in [0.15, 0.2) is 0 Å². The van der Waals surface area contributed by atoms with Crippen LogP contribution in [0.15, 0.2) is 47.9 Å². The summed E-state index contributed by atoms with van der Waals surface area (Å²) in [5.41, 5.74) is 1.45. The highest BCUT2D eigenvalue weighted by atomic mass is 35.5. The van der Waals surface area contributed by atoms with Crippen molar-refractivity contribution >= 4 is 38.8 Å². The first-order valence-corrected chi connectivity index (χ1v) is 10.7. The predicted octanol–water partition coefficient (Wildman–Crippen LogP) is 5.48.